The first-order valence-electron chi connectivity index (χ1n) is 5.62. The summed E-state index contributed by atoms with van der Waals surface area (Å²) < 4.78 is 0. The molecule has 0 aromatic heterocycles. The van der Waals surface area contributed by atoms with Gasteiger partial charge >= 0.3 is 0 Å². The zero-order valence-corrected chi connectivity index (χ0v) is 9.93. The Balaban J connectivity index is 2.79. The number of benzene rings is 1. The van der Waals surface area contributed by atoms with Crippen molar-refractivity contribution in [3.63, 3.8) is 0 Å². The molecule has 0 saturated heterocycles. The fraction of sp³-hybridized carbons (Fsp3) is 0.286. The molecule has 17 heavy (non-hydrogen) atoms. The Hall–Kier alpha value is -1.74. The number of phenols is 2. The van der Waals surface area contributed by atoms with E-state index in [0.29, 0.717) is 17.5 Å². The van der Waals surface area contributed by atoms with Gasteiger partial charge in [-0.1, -0.05) is 24.3 Å². The third-order valence-corrected chi connectivity index (χ3v) is 2.54. The topological polar surface area (TPSA) is 60.7 Å². The molecule has 0 radical (unpaired) electrons. The Morgan fingerprint density at radius 3 is 2.29 bits per heavy atom. The van der Waals surface area contributed by atoms with Crippen molar-refractivity contribution in [2.45, 2.75) is 26.4 Å². The van der Waals surface area contributed by atoms with E-state index in [9.17, 15) is 10.2 Å². The highest BCUT2D eigenvalue weighted by Crippen LogP contribution is 2.30. The number of aliphatic hydroxyl groups is 1. The molecule has 0 aliphatic heterocycles. The van der Waals surface area contributed by atoms with Gasteiger partial charge in [-0.2, -0.15) is 0 Å². The SMILES string of the molecule is C/C=C/C=C/CCc1c(O)ccc(O)c1CO. The molecule has 0 saturated carbocycles. The highest BCUT2D eigenvalue weighted by molar-refractivity contribution is 5.47. The number of hydrogen-bond acceptors (Lipinski definition) is 3. The molecule has 0 heterocycles. The summed E-state index contributed by atoms with van der Waals surface area (Å²) >= 11 is 0. The van der Waals surface area contributed by atoms with Crippen molar-refractivity contribution in [3.05, 3.63) is 47.6 Å². The fourth-order valence-electron chi connectivity index (χ4n) is 1.64. The molecule has 0 spiro atoms. The van der Waals surface area contributed by atoms with Crippen LogP contribution in [0.2, 0.25) is 0 Å². The highest BCUT2D eigenvalue weighted by atomic mass is 16.3. The Morgan fingerprint density at radius 2 is 1.71 bits per heavy atom. The van der Waals surface area contributed by atoms with Gasteiger partial charge in [0.05, 0.1) is 6.61 Å². The van der Waals surface area contributed by atoms with Gasteiger partial charge in [0.1, 0.15) is 11.5 Å². The molecule has 3 heteroatoms. The summed E-state index contributed by atoms with van der Waals surface area (Å²) in [4.78, 5) is 0. The van der Waals surface area contributed by atoms with Gasteiger partial charge < -0.3 is 15.3 Å². The number of aliphatic hydroxyl groups excluding tert-OH is 1. The predicted molar refractivity (Wildman–Crippen MR) is 68.0 cm³/mol. The Bertz CT molecular complexity index is 420. The maximum atomic E-state index is 9.69. The van der Waals surface area contributed by atoms with Crippen molar-refractivity contribution < 1.29 is 15.3 Å². The van der Waals surface area contributed by atoms with Crippen LogP contribution in [0.15, 0.2) is 36.4 Å². The summed E-state index contributed by atoms with van der Waals surface area (Å²) in [6, 6.07) is 2.83. The first-order valence-corrected chi connectivity index (χ1v) is 5.62. The molecule has 1 rings (SSSR count). The average molecular weight is 234 g/mol. The van der Waals surface area contributed by atoms with E-state index in [1.807, 2.05) is 31.2 Å². The van der Waals surface area contributed by atoms with Gasteiger partial charge in [-0.25, -0.2) is 0 Å². The molecular formula is C14H18O3. The van der Waals surface area contributed by atoms with Crippen molar-refractivity contribution in [1.82, 2.24) is 0 Å². The van der Waals surface area contributed by atoms with Crippen LogP contribution < -0.4 is 0 Å². The second kappa shape index (κ2) is 6.76. The lowest BCUT2D eigenvalue weighted by Gasteiger charge is -2.10. The number of hydrogen-bond donors (Lipinski definition) is 3. The monoisotopic (exact) mass is 234 g/mol. The normalized spacial score (nSPS) is 11.6. The summed E-state index contributed by atoms with van der Waals surface area (Å²) in [5.74, 6) is 0.143. The zero-order valence-electron chi connectivity index (χ0n) is 9.93. The van der Waals surface area contributed by atoms with Gasteiger partial charge in [0, 0.05) is 11.1 Å². The molecule has 3 N–H and O–H groups in total. The summed E-state index contributed by atoms with van der Waals surface area (Å²) in [6.45, 7) is 1.67. The van der Waals surface area contributed by atoms with Crippen molar-refractivity contribution in [2.75, 3.05) is 0 Å². The lowest BCUT2D eigenvalue weighted by atomic mass is 10.0. The minimum atomic E-state index is -0.270. The van der Waals surface area contributed by atoms with Gasteiger partial charge in [0.2, 0.25) is 0 Å². The number of aromatic hydroxyl groups is 2. The van der Waals surface area contributed by atoms with E-state index in [4.69, 9.17) is 5.11 Å². The van der Waals surface area contributed by atoms with E-state index >= 15 is 0 Å². The molecule has 1 aromatic rings. The smallest absolute Gasteiger partial charge is 0.121 e. The molecule has 0 unspecified atom stereocenters. The molecule has 0 aliphatic carbocycles. The van der Waals surface area contributed by atoms with E-state index in [0.717, 1.165) is 6.42 Å². The van der Waals surface area contributed by atoms with E-state index in [1.54, 1.807) is 0 Å². The Morgan fingerprint density at radius 1 is 1.06 bits per heavy atom. The quantitative estimate of drug-likeness (QED) is 0.542. The first kappa shape index (κ1) is 13.3. The minimum Gasteiger partial charge on any atom is -0.508 e. The number of rotatable bonds is 5. The zero-order chi connectivity index (χ0) is 12.7. The van der Waals surface area contributed by atoms with Crippen LogP contribution in [-0.4, -0.2) is 15.3 Å². The maximum absolute atomic E-state index is 9.69. The van der Waals surface area contributed by atoms with Crippen LogP contribution in [0.4, 0.5) is 0 Å². The Labute approximate surface area is 101 Å². The highest BCUT2D eigenvalue weighted by Gasteiger charge is 2.10. The van der Waals surface area contributed by atoms with Gasteiger partial charge in [-0.05, 0) is 31.9 Å². The average Bonchev–Trinajstić information content (AvgIpc) is 2.33. The van der Waals surface area contributed by atoms with E-state index in [1.165, 1.54) is 12.1 Å². The van der Waals surface area contributed by atoms with Gasteiger partial charge in [0.25, 0.3) is 0 Å². The third-order valence-electron chi connectivity index (χ3n) is 2.54. The summed E-state index contributed by atoms with van der Waals surface area (Å²) in [7, 11) is 0. The number of phenolic OH excluding ortho intramolecular Hbond substituents is 1. The lowest BCUT2D eigenvalue weighted by molar-refractivity contribution is 0.273. The van der Waals surface area contributed by atoms with Crippen LogP contribution in [0.1, 0.15) is 24.5 Å². The molecule has 0 bridgehead atoms. The molecule has 0 atom stereocenters. The predicted octanol–water partition coefficient (Wildman–Crippen LogP) is 2.66. The Kier molecular flexibility index (Phi) is 5.30. The first-order chi connectivity index (χ1) is 8.20. The number of allylic oxidation sites excluding steroid dienone is 4. The fourth-order valence-corrected chi connectivity index (χ4v) is 1.64. The largest absolute Gasteiger partial charge is 0.508 e. The molecule has 3 nitrogen and oxygen atoms in total. The van der Waals surface area contributed by atoms with Crippen LogP contribution in [0.25, 0.3) is 0 Å². The second-order valence-electron chi connectivity index (χ2n) is 3.71. The van der Waals surface area contributed by atoms with Crippen molar-refractivity contribution in [2.24, 2.45) is 0 Å². The molecule has 92 valence electrons. The van der Waals surface area contributed by atoms with Crippen molar-refractivity contribution in [3.8, 4) is 11.5 Å². The van der Waals surface area contributed by atoms with Crippen LogP contribution in [-0.2, 0) is 13.0 Å². The molecule has 0 aliphatic rings. The van der Waals surface area contributed by atoms with E-state index in [-0.39, 0.29) is 18.1 Å². The van der Waals surface area contributed by atoms with Crippen LogP contribution in [0.3, 0.4) is 0 Å². The molecule has 0 amide bonds. The van der Waals surface area contributed by atoms with E-state index < -0.39 is 0 Å². The van der Waals surface area contributed by atoms with E-state index in [2.05, 4.69) is 0 Å². The van der Waals surface area contributed by atoms with Gasteiger partial charge in [0.15, 0.2) is 0 Å². The van der Waals surface area contributed by atoms with Crippen molar-refractivity contribution >= 4 is 0 Å². The summed E-state index contributed by atoms with van der Waals surface area (Å²) in [6.07, 6.45) is 9.10. The van der Waals surface area contributed by atoms with Crippen molar-refractivity contribution in [1.29, 1.82) is 0 Å². The maximum Gasteiger partial charge on any atom is 0.121 e. The van der Waals surface area contributed by atoms with Gasteiger partial charge in [-0.15, -0.1) is 0 Å². The molecule has 0 fully saturated rings. The van der Waals surface area contributed by atoms with Gasteiger partial charge in [-0.3, -0.25) is 0 Å². The standard InChI is InChI=1S/C14H18O3/c1-2-3-4-5-6-7-11-12(10-15)14(17)9-8-13(11)16/h2-5,8-9,15-17H,6-7,10H2,1H3/b3-2+,5-4+. The van der Waals surface area contributed by atoms with Crippen LogP contribution >= 0.6 is 0 Å². The lowest BCUT2D eigenvalue weighted by Crippen LogP contribution is -1.95. The molecule has 1 aromatic carbocycles. The summed E-state index contributed by atoms with van der Waals surface area (Å²) in [5.41, 5.74) is 1.02. The summed E-state index contributed by atoms with van der Waals surface area (Å²) in [5, 5.41) is 28.4. The van der Waals surface area contributed by atoms with Crippen LogP contribution in [0.5, 0.6) is 11.5 Å². The second-order valence-corrected chi connectivity index (χ2v) is 3.71. The molecular weight excluding hydrogens is 216 g/mol. The third kappa shape index (κ3) is 3.64. The van der Waals surface area contributed by atoms with Crippen LogP contribution in [0, 0.1) is 0 Å². The minimum absolute atomic E-state index is 0.0257.